The highest BCUT2D eigenvalue weighted by atomic mass is 79.9. The molecule has 0 heterocycles. The zero-order valence-corrected chi connectivity index (χ0v) is 15.5. The molecule has 0 radical (unpaired) electrons. The third-order valence-corrected chi connectivity index (χ3v) is 4.13. The molecule has 7 heteroatoms. The summed E-state index contributed by atoms with van der Waals surface area (Å²) in [4.78, 5) is 12.1. The van der Waals surface area contributed by atoms with E-state index in [4.69, 9.17) is 12.2 Å². The molecule has 1 amide bonds. The van der Waals surface area contributed by atoms with E-state index in [0.717, 1.165) is 4.47 Å². The normalized spacial score (nSPS) is 10.1. The van der Waals surface area contributed by atoms with Gasteiger partial charge in [0.05, 0.1) is 4.47 Å². The number of phenols is 1. The number of amides is 1. The molecule has 0 atom stereocenters. The fourth-order valence-corrected chi connectivity index (χ4v) is 2.95. The van der Waals surface area contributed by atoms with Crippen molar-refractivity contribution in [1.82, 2.24) is 5.32 Å². The summed E-state index contributed by atoms with van der Waals surface area (Å²) in [6.45, 7) is 1.77. The van der Waals surface area contributed by atoms with Gasteiger partial charge in [-0.15, -0.1) is 0 Å². The lowest BCUT2D eigenvalue weighted by Crippen LogP contribution is -2.34. The van der Waals surface area contributed by atoms with Crippen LogP contribution in [0, 0.1) is 6.92 Å². The van der Waals surface area contributed by atoms with Gasteiger partial charge in [-0.25, -0.2) is 0 Å². The Bertz CT molecular complexity index is 727. The van der Waals surface area contributed by atoms with Crippen LogP contribution in [0.5, 0.6) is 5.75 Å². The van der Waals surface area contributed by atoms with Crippen molar-refractivity contribution in [3.05, 3.63) is 56.5 Å². The quantitative estimate of drug-likeness (QED) is 0.476. The van der Waals surface area contributed by atoms with E-state index < -0.39 is 0 Å². The minimum absolute atomic E-state index is 0.176. The van der Waals surface area contributed by atoms with Gasteiger partial charge < -0.3 is 10.4 Å². The average Bonchev–Trinajstić information content (AvgIpc) is 2.44. The van der Waals surface area contributed by atoms with Gasteiger partial charge in [0.1, 0.15) is 5.75 Å². The number of halogens is 2. The van der Waals surface area contributed by atoms with E-state index in [9.17, 15) is 9.90 Å². The zero-order chi connectivity index (χ0) is 16.3. The Balaban J connectivity index is 2.06. The van der Waals surface area contributed by atoms with Gasteiger partial charge in [-0.05, 0) is 71.0 Å². The first-order valence-corrected chi connectivity index (χ1v) is 8.23. The van der Waals surface area contributed by atoms with Crippen LogP contribution < -0.4 is 10.6 Å². The maximum atomic E-state index is 12.1. The highest BCUT2D eigenvalue weighted by Crippen LogP contribution is 2.30. The summed E-state index contributed by atoms with van der Waals surface area (Å²) in [5.41, 5.74) is 1.86. The third kappa shape index (κ3) is 4.28. The van der Waals surface area contributed by atoms with E-state index in [0.29, 0.717) is 21.3 Å². The molecule has 22 heavy (non-hydrogen) atoms. The minimum atomic E-state index is -0.298. The number of nitrogens with one attached hydrogen (secondary N) is 2. The van der Waals surface area contributed by atoms with E-state index in [2.05, 4.69) is 42.5 Å². The molecule has 114 valence electrons. The summed E-state index contributed by atoms with van der Waals surface area (Å²) < 4.78 is 1.37. The predicted octanol–water partition coefficient (Wildman–Crippen LogP) is 4.35. The SMILES string of the molecule is Cc1cc(NC(=S)NC(=O)c2cccc(Br)c2)cc(Br)c1O. The highest BCUT2D eigenvalue weighted by Gasteiger charge is 2.10. The lowest BCUT2D eigenvalue weighted by molar-refractivity contribution is 0.0977. The molecule has 2 aromatic rings. The summed E-state index contributed by atoms with van der Waals surface area (Å²) in [7, 11) is 0. The molecular weight excluding hydrogens is 432 g/mol. The Morgan fingerprint density at radius 1 is 1.23 bits per heavy atom. The van der Waals surface area contributed by atoms with Gasteiger partial charge in [0.15, 0.2) is 5.11 Å². The molecule has 0 saturated heterocycles. The first-order chi connectivity index (χ1) is 10.4. The van der Waals surface area contributed by atoms with Crippen molar-refractivity contribution < 1.29 is 9.90 Å². The number of benzene rings is 2. The maximum Gasteiger partial charge on any atom is 0.257 e. The van der Waals surface area contributed by atoms with Crippen LogP contribution in [0.1, 0.15) is 15.9 Å². The molecule has 0 fully saturated rings. The molecule has 2 aromatic carbocycles. The van der Waals surface area contributed by atoms with Crippen molar-refractivity contribution in [2.45, 2.75) is 6.92 Å². The number of hydrogen-bond acceptors (Lipinski definition) is 3. The van der Waals surface area contributed by atoms with Crippen LogP contribution in [0.2, 0.25) is 0 Å². The van der Waals surface area contributed by atoms with Crippen LogP contribution in [-0.4, -0.2) is 16.1 Å². The van der Waals surface area contributed by atoms with Crippen molar-refractivity contribution in [2.24, 2.45) is 0 Å². The number of carbonyl (C=O) groups is 1. The monoisotopic (exact) mass is 442 g/mol. The number of thiocarbonyl (C=S) groups is 1. The second-order valence-corrected chi connectivity index (χ2v) is 6.72. The van der Waals surface area contributed by atoms with Crippen molar-refractivity contribution in [1.29, 1.82) is 0 Å². The minimum Gasteiger partial charge on any atom is -0.506 e. The first-order valence-electron chi connectivity index (χ1n) is 6.24. The van der Waals surface area contributed by atoms with Crippen LogP contribution >= 0.6 is 44.1 Å². The lowest BCUT2D eigenvalue weighted by atomic mass is 10.2. The van der Waals surface area contributed by atoms with E-state index in [1.807, 2.05) is 6.07 Å². The summed E-state index contributed by atoms with van der Waals surface area (Å²) in [5, 5.41) is 15.4. The van der Waals surface area contributed by atoms with Crippen LogP contribution in [-0.2, 0) is 0 Å². The van der Waals surface area contributed by atoms with Crippen LogP contribution in [0.4, 0.5) is 5.69 Å². The van der Waals surface area contributed by atoms with Crippen LogP contribution in [0.3, 0.4) is 0 Å². The molecular formula is C15H12Br2N2O2S. The van der Waals surface area contributed by atoms with Crippen molar-refractivity contribution in [3.8, 4) is 5.75 Å². The number of aryl methyl sites for hydroxylation is 1. The summed E-state index contributed by atoms with van der Waals surface area (Å²) in [6, 6.07) is 10.4. The second-order valence-electron chi connectivity index (χ2n) is 4.54. The highest BCUT2D eigenvalue weighted by molar-refractivity contribution is 9.10. The Hall–Kier alpha value is -1.44. The number of phenolic OH excluding ortho intramolecular Hbond substituents is 1. The second kappa shape index (κ2) is 7.21. The van der Waals surface area contributed by atoms with Gasteiger partial charge in [-0.1, -0.05) is 22.0 Å². The fourth-order valence-electron chi connectivity index (χ4n) is 1.78. The zero-order valence-electron chi connectivity index (χ0n) is 11.5. The van der Waals surface area contributed by atoms with Crippen molar-refractivity contribution >= 4 is 60.8 Å². The van der Waals surface area contributed by atoms with Gasteiger partial charge in [-0.3, -0.25) is 10.1 Å². The summed E-state index contributed by atoms with van der Waals surface area (Å²) >= 11 is 11.7. The Morgan fingerprint density at radius 3 is 2.59 bits per heavy atom. The molecule has 2 rings (SSSR count). The molecule has 0 aliphatic rings. The van der Waals surface area contributed by atoms with Gasteiger partial charge in [0.25, 0.3) is 5.91 Å². The molecule has 0 aromatic heterocycles. The number of hydrogen-bond donors (Lipinski definition) is 3. The van der Waals surface area contributed by atoms with E-state index >= 15 is 0 Å². The predicted molar refractivity (Wildman–Crippen MR) is 98.4 cm³/mol. The third-order valence-electron chi connectivity index (χ3n) is 2.83. The molecule has 3 N–H and O–H groups in total. The number of anilines is 1. The van der Waals surface area contributed by atoms with E-state index in [1.54, 1.807) is 37.3 Å². The molecule has 0 aliphatic carbocycles. The molecule has 0 spiro atoms. The summed E-state index contributed by atoms with van der Waals surface area (Å²) in [6.07, 6.45) is 0. The Labute approximate surface area is 150 Å². The summed E-state index contributed by atoms with van der Waals surface area (Å²) in [5.74, 6) is -0.122. The average molecular weight is 444 g/mol. The molecule has 0 aliphatic heterocycles. The fraction of sp³-hybridized carbons (Fsp3) is 0.0667. The first kappa shape index (κ1) is 16.9. The molecule has 4 nitrogen and oxygen atoms in total. The lowest BCUT2D eigenvalue weighted by Gasteiger charge is -2.12. The van der Waals surface area contributed by atoms with E-state index in [1.165, 1.54) is 0 Å². The largest absolute Gasteiger partial charge is 0.506 e. The molecule has 0 bridgehead atoms. The maximum absolute atomic E-state index is 12.1. The Morgan fingerprint density at radius 2 is 1.95 bits per heavy atom. The van der Waals surface area contributed by atoms with E-state index in [-0.39, 0.29) is 16.8 Å². The standard InChI is InChI=1S/C15H12Br2N2O2S/c1-8-5-11(7-12(17)13(8)20)18-15(22)19-14(21)9-3-2-4-10(16)6-9/h2-7,20H,1H3,(H2,18,19,21,22). The van der Waals surface area contributed by atoms with Gasteiger partial charge in [0, 0.05) is 15.7 Å². The van der Waals surface area contributed by atoms with Crippen molar-refractivity contribution in [3.63, 3.8) is 0 Å². The van der Waals surface area contributed by atoms with Crippen molar-refractivity contribution in [2.75, 3.05) is 5.32 Å². The number of aromatic hydroxyl groups is 1. The van der Waals surface area contributed by atoms with Gasteiger partial charge in [-0.2, -0.15) is 0 Å². The van der Waals surface area contributed by atoms with Crippen LogP contribution in [0.15, 0.2) is 45.3 Å². The topological polar surface area (TPSA) is 61.4 Å². The molecule has 0 unspecified atom stereocenters. The smallest absolute Gasteiger partial charge is 0.257 e. The number of rotatable bonds is 2. The van der Waals surface area contributed by atoms with Gasteiger partial charge >= 0.3 is 0 Å². The molecule has 0 saturated carbocycles. The van der Waals surface area contributed by atoms with Gasteiger partial charge in [0.2, 0.25) is 0 Å². The number of carbonyl (C=O) groups excluding carboxylic acids is 1. The Kier molecular flexibility index (Phi) is 5.55. The van der Waals surface area contributed by atoms with Crippen LogP contribution in [0.25, 0.3) is 0 Å².